The molecular formula is C9H9ClN4O2. The van der Waals surface area contributed by atoms with Crippen molar-refractivity contribution in [3.63, 3.8) is 0 Å². The number of hydrogen-bond donors (Lipinski definition) is 1. The lowest BCUT2D eigenvalue weighted by Crippen LogP contribution is -2.13. The van der Waals surface area contributed by atoms with Gasteiger partial charge in [0, 0.05) is 13.2 Å². The predicted molar refractivity (Wildman–Crippen MR) is 56.5 cm³/mol. The molecule has 0 spiro atoms. The maximum Gasteiger partial charge on any atom is 0.354 e. The van der Waals surface area contributed by atoms with Crippen LogP contribution in [0.5, 0.6) is 0 Å². The van der Waals surface area contributed by atoms with E-state index in [1.807, 2.05) is 0 Å². The Hall–Kier alpha value is -1.82. The number of rotatable bonds is 3. The minimum Gasteiger partial charge on any atom is -0.477 e. The molecule has 0 fully saturated rings. The molecule has 0 radical (unpaired) electrons. The number of nitrogens with zero attached hydrogens (tertiary/aromatic N) is 4. The standard InChI is InChI=1S/C9H9ClN4O2/c1-13-7(10)4-11-8(13)5-14-6(9(15)16)2-3-12-14/h2-4H,5H2,1H3,(H,15,16). The smallest absolute Gasteiger partial charge is 0.354 e. The minimum atomic E-state index is -1.02. The van der Waals surface area contributed by atoms with Gasteiger partial charge in [0.25, 0.3) is 0 Å². The number of imidazole rings is 1. The zero-order valence-electron chi connectivity index (χ0n) is 8.46. The summed E-state index contributed by atoms with van der Waals surface area (Å²) in [7, 11) is 1.76. The molecule has 0 aliphatic rings. The van der Waals surface area contributed by atoms with Crippen LogP contribution >= 0.6 is 11.6 Å². The first-order valence-corrected chi connectivity index (χ1v) is 4.88. The maximum atomic E-state index is 10.8. The zero-order valence-corrected chi connectivity index (χ0v) is 9.22. The van der Waals surface area contributed by atoms with Crippen molar-refractivity contribution in [2.75, 3.05) is 0 Å². The van der Waals surface area contributed by atoms with Gasteiger partial charge >= 0.3 is 5.97 Å². The van der Waals surface area contributed by atoms with Crippen LogP contribution in [0.15, 0.2) is 18.5 Å². The van der Waals surface area contributed by atoms with Crippen LogP contribution in [0.2, 0.25) is 5.15 Å². The van der Waals surface area contributed by atoms with E-state index in [1.54, 1.807) is 11.6 Å². The van der Waals surface area contributed by atoms with E-state index in [2.05, 4.69) is 10.1 Å². The fourth-order valence-electron chi connectivity index (χ4n) is 1.35. The molecule has 2 aromatic rings. The summed E-state index contributed by atoms with van der Waals surface area (Å²) >= 11 is 5.83. The average molecular weight is 241 g/mol. The van der Waals surface area contributed by atoms with E-state index in [1.165, 1.54) is 23.1 Å². The Balaban J connectivity index is 2.30. The second kappa shape index (κ2) is 3.97. The number of hydrogen-bond acceptors (Lipinski definition) is 3. The Morgan fingerprint density at radius 3 is 2.94 bits per heavy atom. The van der Waals surface area contributed by atoms with Crippen molar-refractivity contribution in [2.24, 2.45) is 7.05 Å². The highest BCUT2D eigenvalue weighted by Gasteiger charge is 2.12. The van der Waals surface area contributed by atoms with Crippen LogP contribution in [0.1, 0.15) is 16.3 Å². The quantitative estimate of drug-likeness (QED) is 0.869. The molecule has 0 saturated heterocycles. The molecule has 84 valence electrons. The second-order valence-corrected chi connectivity index (χ2v) is 3.62. The summed E-state index contributed by atoms with van der Waals surface area (Å²) in [4.78, 5) is 14.9. The van der Waals surface area contributed by atoms with Crippen LogP contribution in [0, 0.1) is 0 Å². The Labute approximate surface area is 96.1 Å². The van der Waals surface area contributed by atoms with Gasteiger partial charge in [-0.3, -0.25) is 4.68 Å². The molecule has 7 heteroatoms. The van der Waals surface area contributed by atoms with Crippen molar-refractivity contribution in [1.29, 1.82) is 0 Å². The molecule has 0 unspecified atom stereocenters. The second-order valence-electron chi connectivity index (χ2n) is 3.24. The highest BCUT2D eigenvalue weighted by molar-refractivity contribution is 6.29. The molecular weight excluding hydrogens is 232 g/mol. The SMILES string of the molecule is Cn1c(Cl)cnc1Cn1nccc1C(=O)O. The first kappa shape index (κ1) is 10.7. The molecule has 1 N–H and O–H groups in total. The van der Waals surface area contributed by atoms with Crippen molar-refractivity contribution in [2.45, 2.75) is 6.54 Å². The molecule has 0 amide bonds. The van der Waals surface area contributed by atoms with E-state index in [4.69, 9.17) is 16.7 Å². The third kappa shape index (κ3) is 1.79. The Bertz CT molecular complexity index is 531. The van der Waals surface area contributed by atoms with E-state index in [0.29, 0.717) is 11.0 Å². The van der Waals surface area contributed by atoms with Gasteiger partial charge in [0.15, 0.2) is 0 Å². The summed E-state index contributed by atoms with van der Waals surface area (Å²) in [5.41, 5.74) is 0.124. The summed E-state index contributed by atoms with van der Waals surface area (Å²) < 4.78 is 3.04. The van der Waals surface area contributed by atoms with Crippen molar-refractivity contribution in [1.82, 2.24) is 19.3 Å². The van der Waals surface area contributed by atoms with Gasteiger partial charge in [-0.05, 0) is 6.07 Å². The van der Waals surface area contributed by atoms with Crippen LogP contribution in [-0.4, -0.2) is 30.4 Å². The normalized spacial score (nSPS) is 10.6. The highest BCUT2D eigenvalue weighted by atomic mass is 35.5. The van der Waals surface area contributed by atoms with E-state index in [-0.39, 0.29) is 12.2 Å². The van der Waals surface area contributed by atoms with Crippen LogP contribution < -0.4 is 0 Å². The van der Waals surface area contributed by atoms with Crippen molar-refractivity contribution >= 4 is 17.6 Å². The lowest BCUT2D eigenvalue weighted by Gasteiger charge is -2.04. The topological polar surface area (TPSA) is 72.9 Å². The highest BCUT2D eigenvalue weighted by Crippen LogP contribution is 2.11. The van der Waals surface area contributed by atoms with Crippen LogP contribution in [0.3, 0.4) is 0 Å². The minimum absolute atomic E-state index is 0.124. The molecule has 2 aromatic heterocycles. The number of carboxylic acids is 1. The number of carbonyl (C=O) groups is 1. The van der Waals surface area contributed by atoms with Crippen molar-refractivity contribution in [3.05, 3.63) is 35.1 Å². The first-order chi connectivity index (χ1) is 7.59. The van der Waals surface area contributed by atoms with Gasteiger partial charge < -0.3 is 9.67 Å². The van der Waals surface area contributed by atoms with Gasteiger partial charge in [-0.25, -0.2) is 9.78 Å². The van der Waals surface area contributed by atoms with E-state index < -0.39 is 5.97 Å². The van der Waals surface area contributed by atoms with Crippen LogP contribution in [-0.2, 0) is 13.6 Å². The van der Waals surface area contributed by atoms with Crippen molar-refractivity contribution in [3.8, 4) is 0 Å². The van der Waals surface area contributed by atoms with Crippen LogP contribution in [0.4, 0.5) is 0 Å². The average Bonchev–Trinajstić information content (AvgIpc) is 2.80. The Morgan fingerprint density at radius 1 is 1.62 bits per heavy atom. The summed E-state index contributed by atoms with van der Waals surface area (Å²) in [6.07, 6.45) is 2.95. The maximum absolute atomic E-state index is 10.8. The van der Waals surface area contributed by atoms with Gasteiger partial charge in [0.05, 0.1) is 6.20 Å². The molecule has 16 heavy (non-hydrogen) atoms. The monoisotopic (exact) mass is 240 g/mol. The summed E-state index contributed by atoms with van der Waals surface area (Å²) in [6.45, 7) is 0.276. The van der Waals surface area contributed by atoms with E-state index in [9.17, 15) is 4.79 Å². The fourth-order valence-corrected chi connectivity index (χ4v) is 1.49. The molecule has 2 heterocycles. The predicted octanol–water partition coefficient (Wildman–Crippen LogP) is 1.02. The third-order valence-corrected chi connectivity index (χ3v) is 2.61. The number of aromatic carboxylic acids is 1. The molecule has 0 aromatic carbocycles. The Kier molecular flexibility index (Phi) is 2.66. The van der Waals surface area contributed by atoms with Crippen LogP contribution in [0.25, 0.3) is 0 Å². The lowest BCUT2D eigenvalue weighted by atomic mass is 10.4. The zero-order chi connectivity index (χ0) is 11.7. The van der Waals surface area contributed by atoms with Gasteiger partial charge in [0.2, 0.25) is 0 Å². The molecule has 0 aliphatic heterocycles. The van der Waals surface area contributed by atoms with Gasteiger partial charge in [-0.1, -0.05) is 11.6 Å². The number of aromatic nitrogens is 4. The summed E-state index contributed by atoms with van der Waals surface area (Å²) in [5.74, 6) is -0.367. The lowest BCUT2D eigenvalue weighted by molar-refractivity contribution is 0.0684. The Morgan fingerprint density at radius 2 is 2.38 bits per heavy atom. The molecule has 0 aliphatic carbocycles. The molecule has 0 saturated carbocycles. The number of carboxylic acid groups (broad SMARTS) is 1. The van der Waals surface area contributed by atoms with E-state index in [0.717, 1.165) is 0 Å². The fraction of sp³-hybridized carbons (Fsp3) is 0.222. The van der Waals surface area contributed by atoms with Crippen molar-refractivity contribution < 1.29 is 9.90 Å². The first-order valence-electron chi connectivity index (χ1n) is 4.51. The summed E-state index contributed by atoms with van der Waals surface area (Å²) in [5, 5.41) is 13.3. The largest absolute Gasteiger partial charge is 0.477 e. The molecule has 0 atom stereocenters. The van der Waals surface area contributed by atoms with Gasteiger partial charge in [-0.2, -0.15) is 5.10 Å². The molecule has 6 nitrogen and oxygen atoms in total. The third-order valence-electron chi connectivity index (χ3n) is 2.25. The summed E-state index contributed by atoms with van der Waals surface area (Å²) in [6, 6.07) is 1.44. The van der Waals surface area contributed by atoms with E-state index >= 15 is 0 Å². The molecule has 0 bridgehead atoms. The van der Waals surface area contributed by atoms with Gasteiger partial charge in [0.1, 0.15) is 23.2 Å². The number of halogens is 1. The van der Waals surface area contributed by atoms with Gasteiger partial charge in [-0.15, -0.1) is 0 Å². The molecule has 2 rings (SSSR count).